The molecule has 0 fully saturated rings. The fourth-order valence-corrected chi connectivity index (χ4v) is 1.90. The van der Waals surface area contributed by atoms with Gasteiger partial charge in [0.05, 0.1) is 4.92 Å². The molecule has 5 nitrogen and oxygen atoms in total. The smallest absolute Gasteiger partial charge is 0.271 e. The van der Waals surface area contributed by atoms with Gasteiger partial charge in [0.25, 0.3) is 11.6 Å². The summed E-state index contributed by atoms with van der Waals surface area (Å²) in [5.74, 6) is -0.322. The van der Waals surface area contributed by atoms with Gasteiger partial charge in [-0.1, -0.05) is 38.8 Å². The molecule has 1 aromatic rings. The van der Waals surface area contributed by atoms with Crippen molar-refractivity contribution in [2.45, 2.75) is 18.2 Å². The molecule has 0 spiro atoms. The van der Waals surface area contributed by atoms with Gasteiger partial charge in [0.2, 0.25) is 0 Å². The van der Waals surface area contributed by atoms with Crippen LogP contribution in [0.1, 0.15) is 23.7 Å². The lowest BCUT2D eigenvalue weighted by atomic mass is 10.2. The van der Waals surface area contributed by atoms with Crippen LogP contribution in [-0.4, -0.2) is 22.2 Å². The first-order valence-corrected chi connectivity index (χ1v) is 7.02. The molecule has 0 bridgehead atoms. The van der Waals surface area contributed by atoms with Crippen LogP contribution >= 0.6 is 31.9 Å². The SMILES string of the molecule is CCC(Br)CNC(=O)c1cc(Br)cc([N+](=O)[O-])c1. The van der Waals surface area contributed by atoms with Gasteiger partial charge in [0, 0.05) is 33.5 Å². The zero-order chi connectivity index (χ0) is 13.7. The first kappa shape index (κ1) is 15.1. The number of amides is 1. The van der Waals surface area contributed by atoms with Crippen molar-refractivity contribution in [2.24, 2.45) is 0 Å². The molecule has 0 radical (unpaired) electrons. The van der Waals surface area contributed by atoms with Crippen LogP contribution in [-0.2, 0) is 0 Å². The summed E-state index contributed by atoms with van der Waals surface area (Å²) in [5.41, 5.74) is 0.160. The predicted molar refractivity (Wildman–Crippen MR) is 76.1 cm³/mol. The van der Waals surface area contributed by atoms with Crippen LogP contribution in [0.15, 0.2) is 22.7 Å². The first-order valence-electron chi connectivity index (χ1n) is 5.31. The largest absolute Gasteiger partial charge is 0.351 e. The van der Waals surface area contributed by atoms with Gasteiger partial charge in [0.1, 0.15) is 0 Å². The molecular weight excluding hydrogens is 368 g/mol. The monoisotopic (exact) mass is 378 g/mol. The quantitative estimate of drug-likeness (QED) is 0.484. The molecular formula is C11H12Br2N2O3. The van der Waals surface area contributed by atoms with Crippen LogP contribution < -0.4 is 5.32 Å². The highest BCUT2D eigenvalue weighted by Crippen LogP contribution is 2.21. The summed E-state index contributed by atoms with van der Waals surface area (Å²) in [5, 5.41) is 13.4. The van der Waals surface area contributed by atoms with Gasteiger partial charge in [0.15, 0.2) is 0 Å². The van der Waals surface area contributed by atoms with Crippen LogP contribution in [0.2, 0.25) is 0 Å². The number of halogens is 2. The highest BCUT2D eigenvalue weighted by atomic mass is 79.9. The van der Waals surface area contributed by atoms with E-state index in [1.54, 1.807) is 6.07 Å². The van der Waals surface area contributed by atoms with Crippen molar-refractivity contribution in [3.63, 3.8) is 0 Å². The Morgan fingerprint density at radius 2 is 2.17 bits per heavy atom. The Bertz CT molecular complexity index is 466. The van der Waals surface area contributed by atoms with Gasteiger partial charge in [-0.15, -0.1) is 0 Å². The first-order chi connectivity index (χ1) is 8.43. The average Bonchev–Trinajstić information content (AvgIpc) is 2.34. The molecule has 98 valence electrons. The van der Waals surface area contributed by atoms with Crippen molar-refractivity contribution in [1.82, 2.24) is 5.32 Å². The van der Waals surface area contributed by atoms with E-state index in [4.69, 9.17) is 0 Å². The van der Waals surface area contributed by atoms with Gasteiger partial charge < -0.3 is 5.32 Å². The molecule has 18 heavy (non-hydrogen) atoms. The standard InChI is InChI=1S/C11H12Br2N2O3/c1-2-8(12)6-14-11(16)7-3-9(13)5-10(4-7)15(17)18/h3-5,8H,2,6H2,1H3,(H,14,16). The maximum atomic E-state index is 11.8. The van der Waals surface area contributed by atoms with Crippen molar-refractivity contribution in [2.75, 3.05) is 6.54 Å². The molecule has 1 rings (SSSR count). The number of nitrogens with zero attached hydrogens (tertiary/aromatic N) is 1. The Kier molecular flexibility index (Phi) is 5.74. The minimum absolute atomic E-state index is 0.111. The number of nitro groups is 1. The third kappa shape index (κ3) is 4.38. The number of alkyl halides is 1. The van der Waals surface area contributed by atoms with E-state index >= 15 is 0 Å². The topological polar surface area (TPSA) is 72.2 Å². The fourth-order valence-electron chi connectivity index (χ4n) is 1.26. The van der Waals surface area contributed by atoms with E-state index in [0.717, 1.165) is 6.42 Å². The molecule has 0 heterocycles. The molecule has 1 atom stereocenters. The van der Waals surface area contributed by atoms with Crippen LogP contribution in [0.5, 0.6) is 0 Å². The zero-order valence-corrected chi connectivity index (χ0v) is 12.8. The maximum Gasteiger partial charge on any atom is 0.271 e. The Balaban J connectivity index is 2.82. The Morgan fingerprint density at radius 3 is 2.72 bits per heavy atom. The Labute approximate surface area is 121 Å². The molecule has 1 aromatic carbocycles. The second-order valence-corrected chi connectivity index (χ2v) is 5.88. The molecule has 1 unspecified atom stereocenters. The summed E-state index contributed by atoms with van der Waals surface area (Å²) in [7, 11) is 0. The Hall–Kier alpha value is -0.950. The molecule has 0 aliphatic carbocycles. The fraction of sp³-hybridized carbons (Fsp3) is 0.364. The summed E-state index contributed by atoms with van der Waals surface area (Å²) >= 11 is 6.55. The summed E-state index contributed by atoms with van der Waals surface area (Å²) < 4.78 is 0.507. The van der Waals surface area contributed by atoms with Crippen LogP contribution in [0.25, 0.3) is 0 Å². The van der Waals surface area contributed by atoms with Gasteiger partial charge >= 0.3 is 0 Å². The molecule has 1 N–H and O–H groups in total. The molecule has 0 aliphatic rings. The van der Waals surface area contributed by atoms with Crippen LogP contribution in [0.3, 0.4) is 0 Å². The summed E-state index contributed by atoms with van der Waals surface area (Å²) in [6.45, 7) is 2.48. The summed E-state index contributed by atoms with van der Waals surface area (Å²) in [4.78, 5) is 22.2. The average molecular weight is 380 g/mol. The number of hydrogen-bond acceptors (Lipinski definition) is 3. The van der Waals surface area contributed by atoms with Crippen LogP contribution in [0.4, 0.5) is 5.69 Å². The van der Waals surface area contributed by atoms with Crippen molar-refractivity contribution >= 4 is 43.5 Å². The van der Waals surface area contributed by atoms with Crippen molar-refractivity contribution in [1.29, 1.82) is 0 Å². The predicted octanol–water partition coefficient (Wildman–Crippen LogP) is 3.26. The van der Waals surface area contributed by atoms with E-state index in [0.29, 0.717) is 11.0 Å². The summed E-state index contributed by atoms with van der Waals surface area (Å²) in [6, 6.07) is 4.17. The third-order valence-electron chi connectivity index (χ3n) is 2.28. The third-order valence-corrected chi connectivity index (χ3v) is 3.71. The van der Waals surface area contributed by atoms with E-state index in [9.17, 15) is 14.9 Å². The number of nitro benzene ring substituents is 1. The number of hydrogen-bond donors (Lipinski definition) is 1. The van der Waals surface area contributed by atoms with Gasteiger partial charge in [-0.3, -0.25) is 14.9 Å². The molecule has 0 aliphatic heterocycles. The van der Waals surface area contributed by atoms with Crippen LogP contribution in [0, 0.1) is 10.1 Å². The van der Waals surface area contributed by atoms with Crippen molar-refractivity contribution < 1.29 is 9.72 Å². The highest BCUT2D eigenvalue weighted by Gasteiger charge is 2.14. The lowest BCUT2D eigenvalue weighted by molar-refractivity contribution is -0.385. The van der Waals surface area contributed by atoms with E-state index < -0.39 is 4.92 Å². The number of rotatable bonds is 5. The molecule has 0 saturated carbocycles. The minimum Gasteiger partial charge on any atom is -0.351 e. The van der Waals surface area contributed by atoms with Crippen molar-refractivity contribution in [3.8, 4) is 0 Å². The van der Waals surface area contributed by atoms with E-state index in [-0.39, 0.29) is 22.0 Å². The number of nitrogens with one attached hydrogen (secondary N) is 1. The minimum atomic E-state index is -0.527. The number of non-ortho nitro benzene ring substituents is 1. The number of carbonyl (C=O) groups excluding carboxylic acids is 1. The molecule has 1 amide bonds. The van der Waals surface area contributed by atoms with E-state index in [2.05, 4.69) is 37.2 Å². The lowest BCUT2D eigenvalue weighted by Gasteiger charge is -2.09. The Morgan fingerprint density at radius 1 is 1.50 bits per heavy atom. The lowest BCUT2D eigenvalue weighted by Crippen LogP contribution is -2.29. The molecule has 7 heteroatoms. The molecule has 0 saturated heterocycles. The highest BCUT2D eigenvalue weighted by molar-refractivity contribution is 9.10. The zero-order valence-electron chi connectivity index (χ0n) is 9.65. The van der Waals surface area contributed by atoms with Gasteiger partial charge in [-0.05, 0) is 12.5 Å². The van der Waals surface area contributed by atoms with Gasteiger partial charge in [-0.25, -0.2) is 0 Å². The number of benzene rings is 1. The van der Waals surface area contributed by atoms with Crippen molar-refractivity contribution in [3.05, 3.63) is 38.3 Å². The van der Waals surface area contributed by atoms with E-state index in [1.165, 1.54) is 12.1 Å². The second-order valence-electron chi connectivity index (χ2n) is 3.67. The maximum absolute atomic E-state index is 11.8. The van der Waals surface area contributed by atoms with Gasteiger partial charge in [-0.2, -0.15) is 0 Å². The van der Waals surface area contributed by atoms with E-state index in [1.807, 2.05) is 6.92 Å². The number of carbonyl (C=O) groups is 1. The normalized spacial score (nSPS) is 11.9. The second kappa shape index (κ2) is 6.84. The summed E-state index contributed by atoms with van der Waals surface area (Å²) in [6.07, 6.45) is 0.888. The molecule has 0 aromatic heterocycles.